The van der Waals surface area contributed by atoms with Crippen molar-refractivity contribution in [1.29, 1.82) is 10.5 Å². The van der Waals surface area contributed by atoms with E-state index in [4.69, 9.17) is 0 Å². The lowest BCUT2D eigenvalue weighted by Crippen LogP contribution is -2.25. The van der Waals surface area contributed by atoms with E-state index in [9.17, 15) is 18.9 Å². The first-order valence-electron chi connectivity index (χ1n) is 11.1. The first-order chi connectivity index (χ1) is 16.9. The SMILES string of the molecule is CS(=O)(=O)c1cccc(N2CCC(C(CC#N)n3cc(-c4ncnc5[nH]ccc45)cn3)C2)c1C#N. The summed E-state index contributed by atoms with van der Waals surface area (Å²) in [5.41, 5.74) is 3.11. The lowest BCUT2D eigenvalue weighted by molar-refractivity contribution is 0.332. The fourth-order valence-corrected chi connectivity index (χ4v) is 5.69. The molecule has 3 aromatic heterocycles. The molecular formula is C24H22N8O2S. The number of anilines is 1. The molecule has 0 bridgehead atoms. The highest BCUT2D eigenvalue weighted by molar-refractivity contribution is 7.90. The first-order valence-corrected chi connectivity index (χ1v) is 13.0. The van der Waals surface area contributed by atoms with Gasteiger partial charge in [0.05, 0.1) is 46.6 Å². The minimum Gasteiger partial charge on any atom is -0.370 e. The zero-order valence-electron chi connectivity index (χ0n) is 19.0. The normalized spacial score (nSPS) is 16.8. The number of H-pyrrole nitrogens is 1. The Kier molecular flexibility index (Phi) is 5.71. The molecule has 176 valence electrons. The summed E-state index contributed by atoms with van der Waals surface area (Å²) in [6.07, 6.45) is 9.14. The van der Waals surface area contributed by atoms with Crippen LogP contribution in [0, 0.1) is 28.6 Å². The lowest BCUT2D eigenvalue weighted by Gasteiger charge is -2.24. The fourth-order valence-electron chi connectivity index (χ4n) is 4.84. The van der Waals surface area contributed by atoms with Crippen LogP contribution in [0.15, 0.2) is 54.1 Å². The summed E-state index contributed by atoms with van der Waals surface area (Å²) in [7, 11) is -3.53. The second-order valence-corrected chi connectivity index (χ2v) is 10.6. The van der Waals surface area contributed by atoms with Crippen molar-refractivity contribution in [1.82, 2.24) is 24.7 Å². The van der Waals surface area contributed by atoms with E-state index in [1.807, 2.05) is 28.0 Å². The molecule has 2 unspecified atom stereocenters. The number of hydrogen-bond donors (Lipinski definition) is 1. The van der Waals surface area contributed by atoms with E-state index < -0.39 is 9.84 Å². The minimum atomic E-state index is -3.53. The third kappa shape index (κ3) is 4.11. The molecule has 10 nitrogen and oxygen atoms in total. The maximum Gasteiger partial charge on any atom is 0.176 e. The van der Waals surface area contributed by atoms with Gasteiger partial charge in [0.15, 0.2) is 9.84 Å². The highest BCUT2D eigenvalue weighted by Gasteiger charge is 2.33. The van der Waals surface area contributed by atoms with Crippen LogP contribution in [0.3, 0.4) is 0 Å². The Bertz CT molecular complexity index is 1590. The van der Waals surface area contributed by atoms with Gasteiger partial charge in [0.2, 0.25) is 0 Å². The highest BCUT2D eigenvalue weighted by Crippen LogP contribution is 2.36. The predicted octanol–water partition coefficient (Wildman–Crippen LogP) is 3.08. The van der Waals surface area contributed by atoms with Crippen LogP contribution in [-0.2, 0) is 9.84 Å². The van der Waals surface area contributed by atoms with E-state index in [1.165, 1.54) is 12.4 Å². The van der Waals surface area contributed by atoms with Gasteiger partial charge >= 0.3 is 0 Å². The molecule has 4 aromatic rings. The second-order valence-electron chi connectivity index (χ2n) is 8.63. The maximum atomic E-state index is 12.2. The van der Waals surface area contributed by atoms with Gasteiger partial charge in [-0.3, -0.25) is 4.68 Å². The summed E-state index contributed by atoms with van der Waals surface area (Å²) in [6.45, 7) is 1.23. The number of nitriles is 2. The van der Waals surface area contributed by atoms with Crippen LogP contribution in [0.1, 0.15) is 24.4 Å². The average Bonchev–Trinajstić information content (AvgIpc) is 3.62. The molecule has 0 amide bonds. The average molecular weight is 487 g/mol. The third-order valence-corrected chi connectivity index (χ3v) is 7.63. The molecule has 1 fully saturated rings. The summed E-state index contributed by atoms with van der Waals surface area (Å²) in [6, 6.07) is 11.0. The number of rotatable bonds is 6. The number of sulfone groups is 1. The zero-order chi connectivity index (χ0) is 24.6. The summed E-state index contributed by atoms with van der Waals surface area (Å²) < 4.78 is 26.2. The van der Waals surface area contributed by atoms with Crippen LogP contribution in [-0.4, -0.2) is 52.5 Å². The van der Waals surface area contributed by atoms with E-state index in [1.54, 1.807) is 18.3 Å². The molecule has 35 heavy (non-hydrogen) atoms. The second kappa shape index (κ2) is 8.85. The molecule has 5 rings (SSSR count). The fraction of sp³-hybridized carbons (Fsp3) is 0.292. The Labute approximate surface area is 202 Å². The van der Waals surface area contributed by atoms with Crippen molar-refractivity contribution < 1.29 is 8.42 Å². The van der Waals surface area contributed by atoms with E-state index in [0.29, 0.717) is 18.8 Å². The van der Waals surface area contributed by atoms with E-state index in [2.05, 4.69) is 32.2 Å². The minimum absolute atomic E-state index is 0.0344. The van der Waals surface area contributed by atoms with E-state index >= 15 is 0 Å². The molecule has 4 heterocycles. The standard InChI is InChI=1S/C24H22N8O2S/c1-35(33,34)22-4-2-3-21(19(22)11-26)31-10-7-16(13-31)20(5-8-25)32-14-17(12-30-32)23-18-6-9-27-24(18)29-15-28-23/h2-4,6,9,12,14-16,20H,5,7,10,13H2,1H3,(H,27,28,29). The number of aromatic nitrogens is 5. The summed E-state index contributed by atoms with van der Waals surface area (Å²) >= 11 is 0. The van der Waals surface area contributed by atoms with Gasteiger partial charge in [-0.25, -0.2) is 18.4 Å². The smallest absolute Gasteiger partial charge is 0.176 e. The molecule has 1 aromatic carbocycles. The summed E-state index contributed by atoms with van der Waals surface area (Å²) in [5.74, 6) is 0.0912. The van der Waals surface area contributed by atoms with Gasteiger partial charge in [-0.2, -0.15) is 15.6 Å². The van der Waals surface area contributed by atoms with Gasteiger partial charge in [0.1, 0.15) is 18.0 Å². The Morgan fingerprint density at radius 3 is 2.89 bits per heavy atom. The van der Waals surface area contributed by atoms with Gasteiger partial charge < -0.3 is 9.88 Å². The van der Waals surface area contributed by atoms with Crippen LogP contribution in [0.25, 0.3) is 22.3 Å². The lowest BCUT2D eigenvalue weighted by atomic mass is 9.96. The van der Waals surface area contributed by atoms with Gasteiger partial charge in [0.25, 0.3) is 0 Å². The van der Waals surface area contributed by atoms with Crippen molar-refractivity contribution in [2.45, 2.75) is 23.8 Å². The largest absolute Gasteiger partial charge is 0.370 e. The van der Waals surface area contributed by atoms with Crippen molar-refractivity contribution in [3.8, 4) is 23.4 Å². The third-order valence-electron chi connectivity index (χ3n) is 6.49. The number of aromatic amines is 1. The van der Waals surface area contributed by atoms with Gasteiger partial charge in [0, 0.05) is 48.6 Å². The van der Waals surface area contributed by atoms with Crippen molar-refractivity contribution >= 4 is 26.6 Å². The molecule has 0 spiro atoms. The van der Waals surface area contributed by atoms with Crippen LogP contribution in [0.4, 0.5) is 5.69 Å². The van der Waals surface area contributed by atoms with Crippen molar-refractivity contribution in [3.63, 3.8) is 0 Å². The molecule has 1 N–H and O–H groups in total. The van der Waals surface area contributed by atoms with Crippen molar-refractivity contribution in [3.05, 3.63) is 54.7 Å². The van der Waals surface area contributed by atoms with Crippen molar-refractivity contribution in [2.75, 3.05) is 24.2 Å². The maximum absolute atomic E-state index is 12.2. The number of nitrogens with one attached hydrogen (secondary N) is 1. The molecule has 1 aliphatic heterocycles. The summed E-state index contributed by atoms with van der Waals surface area (Å²) in [5, 5.41) is 24.7. The first kappa shape index (κ1) is 22.6. The Morgan fingerprint density at radius 2 is 2.11 bits per heavy atom. The number of hydrogen-bond acceptors (Lipinski definition) is 8. The number of nitrogens with zero attached hydrogens (tertiary/aromatic N) is 7. The van der Waals surface area contributed by atoms with Crippen LogP contribution in [0.5, 0.6) is 0 Å². The Hall–Kier alpha value is -4.22. The van der Waals surface area contributed by atoms with Gasteiger partial charge in [-0.1, -0.05) is 6.07 Å². The molecule has 2 atom stereocenters. The Morgan fingerprint density at radius 1 is 1.26 bits per heavy atom. The molecule has 0 radical (unpaired) electrons. The van der Waals surface area contributed by atoms with Gasteiger partial charge in [-0.05, 0) is 24.6 Å². The quantitative estimate of drug-likeness (QED) is 0.438. The van der Waals surface area contributed by atoms with E-state index in [0.717, 1.165) is 35.0 Å². The topological polar surface area (TPSA) is 144 Å². The van der Waals surface area contributed by atoms with E-state index in [-0.39, 0.29) is 28.8 Å². The number of benzene rings is 1. The molecule has 11 heteroatoms. The summed E-state index contributed by atoms with van der Waals surface area (Å²) in [4.78, 5) is 13.8. The van der Waals surface area contributed by atoms with Crippen molar-refractivity contribution in [2.24, 2.45) is 5.92 Å². The zero-order valence-corrected chi connectivity index (χ0v) is 19.8. The predicted molar refractivity (Wildman–Crippen MR) is 129 cm³/mol. The van der Waals surface area contributed by atoms with Gasteiger partial charge in [-0.15, -0.1) is 0 Å². The molecule has 1 aliphatic rings. The molecular weight excluding hydrogens is 464 g/mol. The van der Waals surface area contributed by atoms with Crippen LogP contribution >= 0.6 is 0 Å². The molecule has 0 aliphatic carbocycles. The van der Waals surface area contributed by atoms with Crippen LogP contribution in [0.2, 0.25) is 0 Å². The number of fused-ring (bicyclic) bond motifs is 1. The Balaban J connectivity index is 1.43. The highest BCUT2D eigenvalue weighted by atomic mass is 32.2. The molecule has 1 saturated heterocycles. The van der Waals surface area contributed by atoms with Crippen LogP contribution < -0.4 is 4.90 Å². The molecule has 0 saturated carbocycles. The monoisotopic (exact) mass is 486 g/mol.